The van der Waals surface area contributed by atoms with E-state index in [1.54, 1.807) is 42.7 Å². The number of halogens is 1. The molecule has 3 rings (SSSR count). The smallest absolute Gasteiger partial charge is 0.243 e. The summed E-state index contributed by atoms with van der Waals surface area (Å²) in [5.74, 6) is 0.489. The van der Waals surface area contributed by atoms with E-state index in [0.717, 1.165) is 45.4 Å². The molecule has 2 aromatic carbocycles. The first-order chi connectivity index (χ1) is 14.8. The van der Waals surface area contributed by atoms with Crippen LogP contribution in [0.2, 0.25) is 5.02 Å². The topological polar surface area (TPSA) is 49.9 Å². The molecule has 0 radical (unpaired) electrons. The monoisotopic (exact) mass is 464 g/mol. The quantitative estimate of drug-likeness (QED) is 0.536. The van der Waals surface area contributed by atoms with Crippen LogP contribution in [0.5, 0.6) is 0 Å². The van der Waals surface area contributed by atoms with E-state index < -0.39 is 10.0 Å². The zero-order chi connectivity index (χ0) is 22.4. The number of rotatable bonds is 9. The summed E-state index contributed by atoms with van der Waals surface area (Å²) in [4.78, 5) is 2.55. The van der Waals surface area contributed by atoms with E-state index in [0.29, 0.717) is 15.8 Å². The number of hydrogen-bond acceptors (Lipinski definition) is 4. The molecule has 1 aliphatic carbocycles. The molecule has 0 saturated heterocycles. The molecule has 2 aromatic rings. The second-order valence-corrected chi connectivity index (χ2v) is 10.9. The minimum atomic E-state index is -3.50. The van der Waals surface area contributed by atoms with Crippen LogP contribution in [0.15, 0.2) is 53.4 Å². The van der Waals surface area contributed by atoms with Crippen LogP contribution in [0, 0.1) is 0 Å². The van der Waals surface area contributed by atoms with Crippen LogP contribution >= 0.6 is 11.6 Å². The predicted octanol–water partition coefficient (Wildman–Crippen LogP) is 4.77. The lowest BCUT2D eigenvalue weighted by atomic mass is 9.81. The van der Waals surface area contributed by atoms with Gasteiger partial charge >= 0.3 is 0 Å². The number of methoxy groups -OCH3 is 1. The molecular formula is C24H33ClN2O3S. The van der Waals surface area contributed by atoms with Gasteiger partial charge in [0.1, 0.15) is 0 Å². The molecule has 5 nitrogen and oxygen atoms in total. The van der Waals surface area contributed by atoms with E-state index in [9.17, 15) is 8.42 Å². The summed E-state index contributed by atoms with van der Waals surface area (Å²) in [5.41, 5.74) is 2.65. The molecule has 1 fully saturated rings. The van der Waals surface area contributed by atoms with Gasteiger partial charge in [-0.2, -0.15) is 4.31 Å². The van der Waals surface area contributed by atoms with Gasteiger partial charge in [-0.1, -0.05) is 35.9 Å². The molecule has 1 aliphatic rings. The van der Waals surface area contributed by atoms with Gasteiger partial charge in [-0.05, 0) is 74.0 Å². The Morgan fingerprint density at radius 1 is 0.968 bits per heavy atom. The highest BCUT2D eigenvalue weighted by Gasteiger charge is 2.31. The molecule has 0 unspecified atom stereocenters. The maximum absolute atomic E-state index is 13.0. The number of likely N-dealkylation sites (N-methyl/N-ethyl adjacent to an activating group) is 1. The molecule has 0 aliphatic heterocycles. The standard InChI is InChI=1S/C24H33ClN2O3S/c1-26(16-17-30-3)18-19-4-6-20(7-5-19)21-8-12-23(13-9-21)27(2)31(28,29)24-14-10-22(25)11-15-24/h4-7,10-11,14-15,21,23H,8-9,12-13,16-18H2,1-3H3/t21-,23-. The average molecular weight is 465 g/mol. The fourth-order valence-electron chi connectivity index (χ4n) is 4.27. The Morgan fingerprint density at radius 3 is 2.16 bits per heavy atom. The molecule has 0 bridgehead atoms. The van der Waals surface area contributed by atoms with E-state index in [4.69, 9.17) is 16.3 Å². The van der Waals surface area contributed by atoms with E-state index in [1.165, 1.54) is 11.1 Å². The molecule has 0 heterocycles. The van der Waals surface area contributed by atoms with Gasteiger partial charge in [0.2, 0.25) is 10.0 Å². The van der Waals surface area contributed by atoms with Crippen LogP contribution in [0.4, 0.5) is 0 Å². The van der Waals surface area contributed by atoms with Crippen molar-refractivity contribution in [2.75, 3.05) is 34.4 Å². The Morgan fingerprint density at radius 2 is 1.58 bits per heavy atom. The number of benzene rings is 2. The Balaban J connectivity index is 1.56. The van der Waals surface area contributed by atoms with Gasteiger partial charge in [0.05, 0.1) is 11.5 Å². The average Bonchev–Trinajstić information content (AvgIpc) is 2.78. The lowest BCUT2D eigenvalue weighted by molar-refractivity contribution is 0.158. The molecule has 7 heteroatoms. The van der Waals surface area contributed by atoms with Crippen molar-refractivity contribution < 1.29 is 13.2 Å². The van der Waals surface area contributed by atoms with Crippen molar-refractivity contribution in [2.45, 2.75) is 49.1 Å². The number of hydrogen-bond donors (Lipinski definition) is 0. The van der Waals surface area contributed by atoms with Gasteiger partial charge in [-0.25, -0.2) is 8.42 Å². The first-order valence-corrected chi connectivity index (χ1v) is 12.6. The Kier molecular flexibility index (Phi) is 8.53. The molecule has 31 heavy (non-hydrogen) atoms. The second kappa shape index (κ2) is 10.9. The normalized spacial score (nSPS) is 19.8. The summed E-state index contributed by atoms with van der Waals surface area (Å²) in [7, 11) is 2.02. The van der Waals surface area contributed by atoms with E-state index in [-0.39, 0.29) is 6.04 Å². The highest BCUT2D eigenvalue weighted by molar-refractivity contribution is 7.89. The largest absolute Gasteiger partial charge is 0.383 e. The van der Waals surface area contributed by atoms with E-state index >= 15 is 0 Å². The zero-order valence-electron chi connectivity index (χ0n) is 18.6. The van der Waals surface area contributed by atoms with Crippen LogP contribution in [0.1, 0.15) is 42.7 Å². The molecular weight excluding hydrogens is 432 g/mol. The van der Waals surface area contributed by atoms with Crippen molar-refractivity contribution in [3.05, 3.63) is 64.7 Å². The van der Waals surface area contributed by atoms with Crippen LogP contribution in [0.25, 0.3) is 0 Å². The van der Waals surface area contributed by atoms with Gasteiger partial charge in [0, 0.05) is 38.3 Å². The molecule has 0 atom stereocenters. The van der Waals surface area contributed by atoms with Gasteiger partial charge in [0.15, 0.2) is 0 Å². The second-order valence-electron chi connectivity index (χ2n) is 8.45. The lowest BCUT2D eigenvalue weighted by Gasteiger charge is -2.34. The molecule has 0 aromatic heterocycles. The summed E-state index contributed by atoms with van der Waals surface area (Å²) < 4.78 is 32.6. The Hall–Kier alpha value is -1.44. The van der Waals surface area contributed by atoms with Gasteiger partial charge in [-0.3, -0.25) is 4.90 Å². The first kappa shape index (κ1) is 24.2. The maximum atomic E-state index is 13.0. The van der Waals surface area contributed by atoms with Crippen molar-refractivity contribution in [2.24, 2.45) is 0 Å². The van der Waals surface area contributed by atoms with Gasteiger partial charge in [0.25, 0.3) is 0 Å². The third kappa shape index (κ3) is 6.30. The van der Waals surface area contributed by atoms with Gasteiger partial charge < -0.3 is 4.74 Å². The third-order valence-electron chi connectivity index (χ3n) is 6.28. The first-order valence-electron chi connectivity index (χ1n) is 10.8. The van der Waals surface area contributed by atoms with Crippen LogP contribution in [0.3, 0.4) is 0 Å². The van der Waals surface area contributed by atoms with Crippen LogP contribution < -0.4 is 0 Å². The Bertz CT molecular complexity index is 924. The summed E-state index contributed by atoms with van der Waals surface area (Å²) in [6, 6.07) is 15.3. The molecule has 170 valence electrons. The van der Waals surface area contributed by atoms with Gasteiger partial charge in [-0.15, -0.1) is 0 Å². The highest BCUT2D eigenvalue weighted by Crippen LogP contribution is 2.36. The summed E-state index contributed by atoms with van der Waals surface area (Å²) in [5, 5.41) is 0.537. The summed E-state index contributed by atoms with van der Waals surface area (Å²) in [6.45, 7) is 2.55. The number of sulfonamides is 1. The molecule has 1 saturated carbocycles. The van der Waals surface area contributed by atoms with Crippen molar-refractivity contribution in [1.82, 2.24) is 9.21 Å². The predicted molar refractivity (Wildman–Crippen MR) is 126 cm³/mol. The Labute approximate surface area is 192 Å². The minimum Gasteiger partial charge on any atom is -0.383 e. The fourth-order valence-corrected chi connectivity index (χ4v) is 5.82. The van der Waals surface area contributed by atoms with E-state index in [2.05, 4.69) is 36.2 Å². The van der Waals surface area contributed by atoms with Crippen molar-refractivity contribution >= 4 is 21.6 Å². The zero-order valence-corrected chi connectivity index (χ0v) is 20.2. The van der Waals surface area contributed by atoms with Crippen molar-refractivity contribution in [1.29, 1.82) is 0 Å². The fraction of sp³-hybridized carbons (Fsp3) is 0.500. The molecule has 0 amide bonds. The number of nitrogens with zero attached hydrogens (tertiary/aromatic N) is 2. The van der Waals surface area contributed by atoms with Crippen LogP contribution in [-0.2, 0) is 21.3 Å². The molecule has 0 N–H and O–H groups in total. The highest BCUT2D eigenvalue weighted by atomic mass is 35.5. The molecule has 0 spiro atoms. The minimum absolute atomic E-state index is 0.0330. The van der Waals surface area contributed by atoms with Crippen molar-refractivity contribution in [3.63, 3.8) is 0 Å². The van der Waals surface area contributed by atoms with Crippen LogP contribution in [-0.4, -0.2) is 58.0 Å². The lowest BCUT2D eigenvalue weighted by Crippen LogP contribution is -2.39. The number of ether oxygens (including phenoxy) is 1. The van der Waals surface area contributed by atoms with Crippen molar-refractivity contribution in [3.8, 4) is 0 Å². The SMILES string of the molecule is COCCN(C)Cc1ccc([C@H]2CC[C@H](N(C)S(=O)(=O)c3ccc(Cl)cc3)CC2)cc1. The summed E-state index contributed by atoms with van der Waals surface area (Å²) in [6.07, 6.45) is 3.74. The third-order valence-corrected chi connectivity index (χ3v) is 8.46. The summed E-state index contributed by atoms with van der Waals surface area (Å²) >= 11 is 5.90. The van der Waals surface area contributed by atoms with E-state index in [1.807, 2.05) is 0 Å². The maximum Gasteiger partial charge on any atom is 0.243 e.